The van der Waals surface area contributed by atoms with Crippen LogP contribution in [-0.2, 0) is 0 Å². The SMILES string of the molecule is COc1ccc(-c2oc(-c3cccc(C#N)c3)nc2C(N)=O)cc1. The van der Waals surface area contributed by atoms with E-state index in [0.29, 0.717) is 22.4 Å². The van der Waals surface area contributed by atoms with Crippen LogP contribution >= 0.6 is 0 Å². The number of carbonyl (C=O) groups excluding carboxylic acids is 1. The largest absolute Gasteiger partial charge is 0.497 e. The maximum atomic E-state index is 11.7. The highest BCUT2D eigenvalue weighted by atomic mass is 16.5. The van der Waals surface area contributed by atoms with Gasteiger partial charge in [-0.25, -0.2) is 4.98 Å². The number of carbonyl (C=O) groups is 1. The van der Waals surface area contributed by atoms with Gasteiger partial charge in [0, 0.05) is 11.1 Å². The lowest BCUT2D eigenvalue weighted by Gasteiger charge is -2.01. The molecule has 0 saturated heterocycles. The van der Waals surface area contributed by atoms with Gasteiger partial charge in [-0.15, -0.1) is 0 Å². The maximum absolute atomic E-state index is 11.7. The third-order valence-electron chi connectivity index (χ3n) is 3.45. The number of benzene rings is 2. The second kappa shape index (κ2) is 6.26. The summed E-state index contributed by atoms with van der Waals surface area (Å²) in [4.78, 5) is 15.9. The zero-order valence-corrected chi connectivity index (χ0v) is 12.8. The predicted molar refractivity (Wildman–Crippen MR) is 87.2 cm³/mol. The van der Waals surface area contributed by atoms with Crippen molar-refractivity contribution in [2.24, 2.45) is 5.73 Å². The summed E-state index contributed by atoms with van der Waals surface area (Å²) >= 11 is 0. The van der Waals surface area contributed by atoms with Gasteiger partial charge in [-0.05, 0) is 42.5 Å². The van der Waals surface area contributed by atoms with Gasteiger partial charge < -0.3 is 14.9 Å². The number of rotatable bonds is 4. The average Bonchev–Trinajstić information content (AvgIpc) is 3.07. The van der Waals surface area contributed by atoms with Crippen molar-refractivity contribution in [3.63, 3.8) is 0 Å². The normalized spacial score (nSPS) is 10.2. The van der Waals surface area contributed by atoms with Gasteiger partial charge in [0.15, 0.2) is 11.5 Å². The van der Waals surface area contributed by atoms with Crippen LogP contribution in [0.5, 0.6) is 5.75 Å². The number of ether oxygens (including phenoxy) is 1. The second-order valence-corrected chi connectivity index (χ2v) is 4.98. The van der Waals surface area contributed by atoms with Crippen LogP contribution in [0.1, 0.15) is 16.1 Å². The van der Waals surface area contributed by atoms with Crippen LogP contribution in [0, 0.1) is 11.3 Å². The van der Waals surface area contributed by atoms with Gasteiger partial charge in [-0.1, -0.05) is 6.07 Å². The first-order valence-corrected chi connectivity index (χ1v) is 7.08. The zero-order chi connectivity index (χ0) is 17.1. The van der Waals surface area contributed by atoms with E-state index in [2.05, 4.69) is 11.1 Å². The van der Waals surface area contributed by atoms with E-state index in [0.717, 1.165) is 0 Å². The summed E-state index contributed by atoms with van der Waals surface area (Å²) in [6.07, 6.45) is 0. The zero-order valence-electron chi connectivity index (χ0n) is 12.8. The molecule has 0 aliphatic heterocycles. The number of primary amides is 1. The van der Waals surface area contributed by atoms with Gasteiger partial charge in [0.05, 0.1) is 18.7 Å². The fraction of sp³-hybridized carbons (Fsp3) is 0.0556. The Morgan fingerprint density at radius 2 is 1.96 bits per heavy atom. The van der Waals surface area contributed by atoms with Crippen molar-refractivity contribution in [2.45, 2.75) is 0 Å². The van der Waals surface area contributed by atoms with Crippen LogP contribution in [-0.4, -0.2) is 18.0 Å². The Morgan fingerprint density at radius 1 is 1.21 bits per heavy atom. The lowest BCUT2D eigenvalue weighted by molar-refractivity contribution is 0.0996. The molecular weight excluding hydrogens is 306 g/mol. The highest BCUT2D eigenvalue weighted by Gasteiger charge is 2.20. The molecule has 1 heterocycles. The van der Waals surface area contributed by atoms with Gasteiger partial charge in [-0.2, -0.15) is 5.26 Å². The molecule has 3 rings (SSSR count). The molecule has 118 valence electrons. The van der Waals surface area contributed by atoms with Crippen molar-refractivity contribution in [3.05, 3.63) is 59.8 Å². The molecule has 0 radical (unpaired) electrons. The topological polar surface area (TPSA) is 102 Å². The Kier molecular flexibility index (Phi) is 4.00. The van der Waals surface area contributed by atoms with Crippen molar-refractivity contribution < 1.29 is 13.9 Å². The van der Waals surface area contributed by atoms with E-state index < -0.39 is 5.91 Å². The molecule has 0 fully saturated rings. The first-order valence-electron chi connectivity index (χ1n) is 7.08. The third-order valence-corrected chi connectivity index (χ3v) is 3.45. The summed E-state index contributed by atoms with van der Waals surface area (Å²) in [7, 11) is 1.57. The van der Waals surface area contributed by atoms with E-state index in [1.165, 1.54) is 0 Å². The van der Waals surface area contributed by atoms with Gasteiger partial charge in [0.1, 0.15) is 5.75 Å². The van der Waals surface area contributed by atoms with Crippen LogP contribution in [0.4, 0.5) is 0 Å². The van der Waals surface area contributed by atoms with Crippen molar-refractivity contribution in [3.8, 4) is 34.6 Å². The Labute approximate surface area is 138 Å². The minimum Gasteiger partial charge on any atom is -0.497 e. The summed E-state index contributed by atoms with van der Waals surface area (Å²) < 4.78 is 10.9. The molecule has 0 bridgehead atoms. The standard InChI is InChI=1S/C18H13N3O3/c1-23-14-7-5-12(6-8-14)16-15(17(20)22)21-18(24-16)13-4-2-3-11(9-13)10-19/h2-9H,1H3,(H2,20,22). The second-order valence-electron chi connectivity index (χ2n) is 4.98. The van der Waals surface area contributed by atoms with Crippen LogP contribution in [0.3, 0.4) is 0 Å². The molecule has 3 aromatic rings. The molecular formula is C18H13N3O3. The minimum atomic E-state index is -0.688. The Morgan fingerprint density at radius 3 is 2.58 bits per heavy atom. The molecule has 2 aromatic carbocycles. The van der Waals surface area contributed by atoms with E-state index in [1.807, 2.05) is 0 Å². The number of oxazole rings is 1. The molecule has 0 unspecified atom stereocenters. The number of nitriles is 1. The fourth-order valence-electron chi connectivity index (χ4n) is 2.27. The molecule has 2 N–H and O–H groups in total. The average molecular weight is 319 g/mol. The Balaban J connectivity index is 2.10. The van der Waals surface area contributed by atoms with Crippen LogP contribution in [0.15, 0.2) is 52.9 Å². The number of hydrogen-bond acceptors (Lipinski definition) is 5. The van der Waals surface area contributed by atoms with E-state index in [9.17, 15) is 4.79 Å². The molecule has 1 amide bonds. The maximum Gasteiger partial charge on any atom is 0.271 e. The molecule has 6 nitrogen and oxygen atoms in total. The molecule has 0 aliphatic rings. The lowest BCUT2D eigenvalue weighted by atomic mass is 10.1. The number of hydrogen-bond donors (Lipinski definition) is 1. The monoisotopic (exact) mass is 319 g/mol. The third kappa shape index (κ3) is 2.83. The summed E-state index contributed by atoms with van der Waals surface area (Å²) in [6, 6.07) is 15.8. The summed E-state index contributed by atoms with van der Waals surface area (Å²) in [5.74, 6) is 0.502. The molecule has 0 spiro atoms. The van der Waals surface area contributed by atoms with Gasteiger partial charge >= 0.3 is 0 Å². The number of aromatic nitrogens is 1. The molecule has 24 heavy (non-hydrogen) atoms. The lowest BCUT2D eigenvalue weighted by Crippen LogP contribution is -2.12. The number of methoxy groups -OCH3 is 1. The summed E-state index contributed by atoms with van der Waals surface area (Å²) in [6.45, 7) is 0. The van der Waals surface area contributed by atoms with Gasteiger partial charge in [0.2, 0.25) is 5.89 Å². The quantitative estimate of drug-likeness (QED) is 0.796. The highest BCUT2D eigenvalue weighted by molar-refractivity contribution is 5.97. The van der Waals surface area contributed by atoms with E-state index in [1.54, 1.807) is 55.6 Å². The fourth-order valence-corrected chi connectivity index (χ4v) is 2.27. The van der Waals surface area contributed by atoms with Crippen LogP contribution in [0.2, 0.25) is 0 Å². The van der Waals surface area contributed by atoms with Gasteiger partial charge in [-0.3, -0.25) is 4.79 Å². The number of nitrogens with zero attached hydrogens (tertiary/aromatic N) is 2. The first kappa shape index (κ1) is 15.3. The Bertz CT molecular complexity index is 937. The van der Waals surface area contributed by atoms with E-state index >= 15 is 0 Å². The first-order chi connectivity index (χ1) is 11.6. The van der Waals surface area contributed by atoms with Crippen molar-refractivity contribution in [1.29, 1.82) is 5.26 Å². The number of nitrogens with two attached hydrogens (primary N) is 1. The number of amides is 1. The molecule has 0 atom stereocenters. The predicted octanol–water partition coefficient (Wildman–Crippen LogP) is 2.99. The summed E-state index contributed by atoms with van der Waals surface area (Å²) in [5.41, 5.74) is 7.17. The highest BCUT2D eigenvalue weighted by Crippen LogP contribution is 2.31. The Hall–Kier alpha value is -3.59. The summed E-state index contributed by atoms with van der Waals surface area (Å²) in [5, 5.41) is 9.00. The van der Waals surface area contributed by atoms with Crippen LogP contribution < -0.4 is 10.5 Å². The molecule has 0 saturated carbocycles. The van der Waals surface area contributed by atoms with Crippen molar-refractivity contribution >= 4 is 5.91 Å². The molecule has 1 aromatic heterocycles. The van der Waals surface area contributed by atoms with Crippen molar-refractivity contribution in [1.82, 2.24) is 4.98 Å². The minimum absolute atomic E-state index is 0.0394. The molecule has 6 heteroatoms. The molecule has 0 aliphatic carbocycles. The smallest absolute Gasteiger partial charge is 0.271 e. The van der Waals surface area contributed by atoms with Crippen molar-refractivity contribution in [2.75, 3.05) is 7.11 Å². The van der Waals surface area contributed by atoms with E-state index in [4.69, 9.17) is 20.1 Å². The van der Waals surface area contributed by atoms with E-state index in [-0.39, 0.29) is 17.3 Å². The van der Waals surface area contributed by atoms with Crippen LogP contribution in [0.25, 0.3) is 22.8 Å². The van der Waals surface area contributed by atoms with Gasteiger partial charge in [0.25, 0.3) is 5.91 Å².